The molecule has 5 nitrogen and oxygen atoms in total. The minimum atomic E-state index is -1.24. The number of halogens is 1. The Morgan fingerprint density at radius 1 is 1.45 bits per heavy atom. The maximum Gasteiger partial charge on any atom is 0.252 e. The van der Waals surface area contributed by atoms with Gasteiger partial charge >= 0.3 is 0 Å². The lowest BCUT2D eigenvalue weighted by molar-refractivity contribution is -0.139. The number of hydrogen-bond acceptors (Lipinski definition) is 3. The first-order valence-electron chi connectivity index (χ1n) is 6.72. The van der Waals surface area contributed by atoms with E-state index in [2.05, 4.69) is 15.3 Å². The topological polar surface area (TPSA) is 78.0 Å². The number of nitrogens with one attached hydrogen (secondary N) is 2. The van der Waals surface area contributed by atoms with E-state index < -0.39 is 5.60 Å². The van der Waals surface area contributed by atoms with Crippen LogP contribution in [0.25, 0.3) is 11.0 Å². The minimum absolute atomic E-state index is 0.192. The van der Waals surface area contributed by atoms with Gasteiger partial charge in [0, 0.05) is 0 Å². The summed E-state index contributed by atoms with van der Waals surface area (Å²) in [6.07, 6.45) is 2.75. The summed E-state index contributed by atoms with van der Waals surface area (Å²) in [5.41, 5.74) is 0.00189. The molecule has 0 radical (unpaired) electrons. The molecule has 20 heavy (non-hydrogen) atoms. The predicted octanol–water partition coefficient (Wildman–Crippen LogP) is 1.62. The summed E-state index contributed by atoms with van der Waals surface area (Å²) in [6.45, 7) is 0.192. The van der Waals surface area contributed by atoms with Crippen LogP contribution in [0.5, 0.6) is 0 Å². The lowest BCUT2D eigenvalue weighted by atomic mass is 10.0. The fourth-order valence-electron chi connectivity index (χ4n) is 2.63. The van der Waals surface area contributed by atoms with Gasteiger partial charge in [0.15, 0.2) is 0 Å². The molecule has 3 rings (SSSR count). The molecule has 106 valence electrons. The number of carbonyl (C=O) groups excluding carboxylic acids is 1. The van der Waals surface area contributed by atoms with E-state index in [9.17, 15) is 14.3 Å². The molecule has 0 unspecified atom stereocenters. The van der Waals surface area contributed by atoms with Crippen LogP contribution in [0.15, 0.2) is 18.2 Å². The largest absolute Gasteiger partial charge is 0.380 e. The first-order valence-corrected chi connectivity index (χ1v) is 6.72. The van der Waals surface area contributed by atoms with Gasteiger partial charge in [-0.1, -0.05) is 0 Å². The highest BCUT2D eigenvalue weighted by molar-refractivity contribution is 5.85. The van der Waals surface area contributed by atoms with E-state index in [1.807, 2.05) is 0 Å². The lowest BCUT2D eigenvalue weighted by Crippen LogP contribution is -2.44. The normalized spacial score (nSPS) is 17.5. The van der Waals surface area contributed by atoms with E-state index in [4.69, 9.17) is 0 Å². The molecule has 6 heteroatoms. The number of nitrogens with zero attached hydrogens (tertiary/aromatic N) is 1. The smallest absolute Gasteiger partial charge is 0.252 e. The highest BCUT2D eigenvalue weighted by Crippen LogP contribution is 2.29. The van der Waals surface area contributed by atoms with Gasteiger partial charge in [-0.05, 0) is 43.9 Å². The number of fused-ring (bicyclic) bond motifs is 1. The molecule has 0 spiro atoms. The summed E-state index contributed by atoms with van der Waals surface area (Å²) in [4.78, 5) is 19.2. The zero-order valence-corrected chi connectivity index (χ0v) is 10.9. The lowest BCUT2D eigenvalue weighted by Gasteiger charge is -2.20. The Balaban J connectivity index is 1.69. The third-order valence-corrected chi connectivity index (χ3v) is 3.76. The Morgan fingerprint density at radius 3 is 2.95 bits per heavy atom. The molecule has 1 aliphatic rings. The van der Waals surface area contributed by atoms with Gasteiger partial charge in [-0.25, -0.2) is 9.37 Å². The Morgan fingerprint density at radius 2 is 2.20 bits per heavy atom. The summed E-state index contributed by atoms with van der Waals surface area (Å²) in [7, 11) is 0. The van der Waals surface area contributed by atoms with E-state index in [0.717, 1.165) is 12.8 Å². The average Bonchev–Trinajstić information content (AvgIpc) is 3.02. The van der Waals surface area contributed by atoms with Crippen LogP contribution in [0.4, 0.5) is 4.39 Å². The van der Waals surface area contributed by atoms with Crippen LogP contribution in [-0.4, -0.2) is 26.6 Å². The predicted molar refractivity (Wildman–Crippen MR) is 71.3 cm³/mol. The third kappa shape index (κ3) is 2.38. The van der Waals surface area contributed by atoms with Gasteiger partial charge in [0.1, 0.15) is 17.2 Å². The van der Waals surface area contributed by atoms with Crippen molar-refractivity contribution in [3.63, 3.8) is 0 Å². The van der Waals surface area contributed by atoms with Crippen LogP contribution in [0.2, 0.25) is 0 Å². The first-order chi connectivity index (χ1) is 9.57. The van der Waals surface area contributed by atoms with Crippen LogP contribution in [0, 0.1) is 5.82 Å². The van der Waals surface area contributed by atoms with E-state index in [1.165, 1.54) is 12.1 Å². The van der Waals surface area contributed by atoms with Crippen LogP contribution in [-0.2, 0) is 11.3 Å². The number of benzene rings is 1. The van der Waals surface area contributed by atoms with Crippen LogP contribution >= 0.6 is 0 Å². The van der Waals surface area contributed by atoms with Crippen molar-refractivity contribution in [2.75, 3.05) is 0 Å². The maximum absolute atomic E-state index is 13.1. The van der Waals surface area contributed by atoms with Gasteiger partial charge in [-0.3, -0.25) is 4.79 Å². The van der Waals surface area contributed by atoms with Crippen molar-refractivity contribution in [1.82, 2.24) is 15.3 Å². The van der Waals surface area contributed by atoms with Gasteiger partial charge in [0.2, 0.25) is 0 Å². The highest BCUT2D eigenvalue weighted by Gasteiger charge is 2.38. The zero-order chi connectivity index (χ0) is 14.2. The second-order valence-corrected chi connectivity index (χ2v) is 5.27. The number of aromatic nitrogens is 2. The zero-order valence-electron chi connectivity index (χ0n) is 10.9. The minimum Gasteiger partial charge on any atom is -0.380 e. The van der Waals surface area contributed by atoms with Crippen LogP contribution < -0.4 is 5.32 Å². The Hall–Kier alpha value is -1.95. The molecule has 0 saturated heterocycles. The van der Waals surface area contributed by atoms with Crippen molar-refractivity contribution < 1.29 is 14.3 Å². The van der Waals surface area contributed by atoms with E-state index in [0.29, 0.717) is 29.7 Å². The first kappa shape index (κ1) is 13.1. The number of aromatic amines is 1. The van der Waals surface area contributed by atoms with Crippen molar-refractivity contribution in [1.29, 1.82) is 0 Å². The van der Waals surface area contributed by atoms with Gasteiger partial charge in [0.25, 0.3) is 5.91 Å². The quantitative estimate of drug-likeness (QED) is 0.797. The molecule has 1 aromatic heterocycles. The molecule has 1 fully saturated rings. The number of hydrogen-bond donors (Lipinski definition) is 3. The molecule has 0 aliphatic heterocycles. The molecule has 0 bridgehead atoms. The van der Waals surface area contributed by atoms with E-state index in [1.54, 1.807) is 6.07 Å². The summed E-state index contributed by atoms with van der Waals surface area (Å²) in [5, 5.41) is 12.8. The number of aliphatic hydroxyl groups is 1. The molecule has 3 N–H and O–H groups in total. The summed E-state index contributed by atoms with van der Waals surface area (Å²) >= 11 is 0. The van der Waals surface area contributed by atoms with Gasteiger partial charge in [0.05, 0.1) is 17.6 Å². The van der Waals surface area contributed by atoms with Crippen molar-refractivity contribution >= 4 is 16.9 Å². The average molecular weight is 277 g/mol. The second kappa shape index (κ2) is 4.86. The number of carbonyl (C=O) groups is 1. The molecule has 1 amide bonds. The third-order valence-electron chi connectivity index (χ3n) is 3.76. The fraction of sp³-hybridized carbons (Fsp3) is 0.429. The number of H-pyrrole nitrogens is 1. The number of imidazole rings is 1. The molecule has 1 saturated carbocycles. The van der Waals surface area contributed by atoms with Crippen LogP contribution in [0.3, 0.4) is 0 Å². The molecule has 0 atom stereocenters. The highest BCUT2D eigenvalue weighted by atomic mass is 19.1. The summed E-state index contributed by atoms with van der Waals surface area (Å²) in [6, 6.07) is 4.28. The van der Waals surface area contributed by atoms with E-state index >= 15 is 0 Å². The molecular formula is C14H16FN3O2. The molecular weight excluding hydrogens is 261 g/mol. The summed E-state index contributed by atoms with van der Waals surface area (Å²) < 4.78 is 13.1. The monoisotopic (exact) mass is 277 g/mol. The van der Waals surface area contributed by atoms with Gasteiger partial charge in [-0.15, -0.1) is 0 Å². The molecule has 2 aromatic rings. The molecule has 1 aromatic carbocycles. The van der Waals surface area contributed by atoms with Gasteiger partial charge in [-0.2, -0.15) is 0 Å². The number of amides is 1. The maximum atomic E-state index is 13.1. The SMILES string of the molecule is O=C(NCc1nc2ccc(F)cc2[nH]1)C1(O)CCCC1. The number of rotatable bonds is 3. The van der Waals surface area contributed by atoms with Crippen molar-refractivity contribution in [3.05, 3.63) is 29.8 Å². The summed E-state index contributed by atoms with van der Waals surface area (Å²) in [5.74, 6) is -0.154. The Bertz CT molecular complexity index is 647. The Kier molecular flexibility index (Phi) is 3.17. The fourth-order valence-corrected chi connectivity index (χ4v) is 2.63. The van der Waals surface area contributed by atoms with Crippen molar-refractivity contribution in [2.24, 2.45) is 0 Å². The van der Waals surface area contributed by atoms with E-state index in [-0.39, 0.29) is 18.3 Å². The van der Waals surface area contributed by atoms with Gasteiger partial charge < -0.3 is 15.4 Å². The Labute approximate surface area is 115 Å². The van der Waals surface area contributed by atoms with Crippen molar-refractivity contribution in [2.45, 2.75) is 37.8 Å². The molecule has 1 aliphatic carbocycles. The molecule has 1 heterocycles. The second-order valence-electron chi connectivity index (χ2n) is 5.27. The van der Waals surface area contributed by atoms with Crippen molar-refractivity contribution in [3.8, 4) is 0 Å². The van der Waals surface area contributed by atoms with Crippen LogP contribution in [0.1, 0.15) is 31.5 Å². The standard InChI is InChI=1S/C14H16FN3O2/c15-9-3-4-10-11(7-9)18-12(17-10)8-16-13(19)14(20)5-1-2-6-14/h3-4,7,20H,1-2,5-6,8H2,(H,16,19)(H,17,18).